The zero-order valence-corrected chi connectivity index (χ0v) is 57.4. The molecule has 35 heteroatoms. The third kappa shape index (κ3) is 27.2. The molecule has 0 amide bonds. The van der Waals surface area contributed by atoms with E-state index in [2.05, 4.69) is 20.1 Å². The number of nitrogens with zero attached hydrogens (tertiary/aromatic N) is 5. The van der Waals surface area contributed by atoms with Crippen molar-refractivity contribution in [1.82, 2.24) is 10.2 Å². The minimum atomic E-state index is -4.90. The summed E-state index contributed by atoms with van der Waals surface area (Å²) in [4.78, 5) is 75.6. The maximum atomic E-state index is 13.6. The Morgan fingerprint density at radius 3 is 1.42 bits per heavy atom. The van der Waals surface area contributed by atoms with Gasteiger partial charge in [-0.15, -0.1) is 0 Å². The van der Waals surface area contributed by atoms with Crippen LogP contribution in [0.5, 0.6) is 0 Å². The first-order valence-corrected chi connectivity index (χ1v) is 29.2. The summed E-state index contributed by atoms with van der Waals surface area (Å²) in [5, 5.41) is 27.6. The summed E-state index contributed by atoms with van der Waals surface area (Å²) in [6, 6.07) is 7.21. The maximum absolute atomic E-state index is 13.6. The molecule has 1 aliphatic carbocycles. The van der Waals surface area contributed by atoms with Crippen LogP contribution in [0.3, 0.4) is 0 Å². The fourth-order valence-electron chi connectivity index (χ4n) is 10.5. The molecule has 2 aliphatic heterocycles. The number of benzene rings is 3. The lowest BCUT2D eigenvalue weighted by atomic mass is 9.83. The number of nitro groups is 2. The Morgan fingerprint density at radius 1 is 0.621 bits per heavy atom. The van der Waals surface area contributed by atoms with Crippen molar-refractivity contribution in [3.05, 3.63) is 114 Å². The average molecular weight is 1450 g/mol. The van der Waals surface area contributed by atoms with Gasteiger partial charge in [-0.05, 0) is 154 Å². The van der Waals surface area contributed by atoms with E-state index in [9.17, 15) is 92.1 Å². The third-order valence-electron chi connectivity index (χ3n) is 14.9. The molecular formula is C60H81F12N7O12S4. The highest BCUT2D eigenvalue weighted by Crippen LogP contribution is 2.42. The van der Waals surface area contributed by atoms with E-state index in [4.69, 9.17) is 21.7 Å². The predicted octanol–water partition coefficient (Wildman–Crippen LogP) is 13.3. The molecular weight excluding hydrogens is 1370 g/mol. The number of thiocarbonyl (C=S) groups is 1. The number of esters is 4. The highest BCUT2D eigenvalue weighted by molar-refractivity contribution is 7.80. The molecule has 3 aromatic rings. The zero-order chi connectivity index (χ0) is 69.6. The Bertz CT molecular complexity index is 3060. The molecule has 3 atom stereocenters. The number of rotatable bonds is 15. The highest BCUT2D eigenvalue weighted by atomic mass is 32.1. The fraction of sp³-hybridized carbons (Fsp3) is 0.583. The number of hydrogen-bond acceptors (Lipinski definition) is 16. The summed E-state index contributed by atoms with van der Waals surface area (Å²) in [6.45, 7) is 10.5. The third-order valence-corrected chi connectivity index (χ3v) is 15.1. The minimum absolute atomic E-state index is 0. The first kappa shape index (κ1) is 86.6. The summed E-state index contributed by atoms with van der Waals surface area (Å²) >= 11 is 5.13. The summed E-state index contributed by atoms with van der Waals surface area (Å²) < 4.78 is 178. The van der Waals surface area contributed by atoms with Crippen molar-refractivity contribution in [2.75, 3.05) is 76.2 Å². The molecule has 3 aliphatic rings. The van der Waals surface area contributed by atoms with Crippen molar-refractivity contribution in [3.63, 3.8) is 0 Å². The number of carbonyl (C=O) groups is 4. The molecule has 0 unspecified atom stereocenters. The molecule has 0 spiro atoms. The van der Waals surface area contributed by atoms with Gasteiger partial charge in [0.25, 0.3) is 0 Å². The van der Waals surface area contributed by atoms with E-state index in [0.717, 1.165) is 70.2 Å². The molecule has 1 saturated carbocycles. The van der Waals surface area contributed by atoms with Gasteiger partial charge in [0, 0.05) is 71.9 Å². The van der Waals surface area contributed by atoms with E-state index in [1.54, 1.807) is 51.3 Å². The Labute approximate surface area is 568 Å². The van der Waals surface area contributed by atoms with Crippen LogP contribution in [0.15, 0.2) is 60.8 Å². The van der Waals surface area contributed by atoms with E-state index in [0.29, 0.717) is 49.8 Å². The molecule has 6 rings (SSSR count). The summed E-state index contributed by atoms with van der Waals surface area (Å²) in [5.74, 6) is -7.02. The number of anilines is 3. The first-order chi connectivity index (χ1) is 42.3. The lowest BCUT2D eigenvalue weighted by Gasteiger charge is -2.37. The largest absolute Gasteiger partial charge is 0.468 e. The van der Waals surface area contributed by atoms with Gasteiger partial charge in [-0.1, -0.05) is 25.0 Å². The number of carbonyl (C=O) groups excluding carboxylic acids is 4. The molecule has 3 fully saturated rings. The van der Waals surface area contributed by atoms with Crippen LogP contribution in [0.2, 0.25) is 0 Å². The van der Waals surface area contributed by atoms with Gasteiger partial charge in [0.2, 0.25) is 12.7 Å². The number of piperidine rings is 2. The molecule has 2 heterocycles. The van der Waals surface area contributed by atoms with E-state index in [-0.39, 0.29) is 124 Å². The molecule has 2 N–H and O–H groups in total. The van der Waals surface area contributed by atoms with Crippen LogP contribution in [0.1, 0.15) is 132 Å². The molecule has 3 aromatic carbocycles. The van der Waals surface area contributed by atoms with Crippen molar-refractivity contribution in [3.8, 4) is 0 Å². The van der Waals surface area contributed by atoms with Gasteiger partial charge < -0.3 is 44.3 Å². The van der Waals surface area contributed by atoms with Crippen molar-refractivity contribution in [1.29, 1.82) is 0 Å². The van der Waals surface area contributed by atoms with Crippen LogP contribution >= 0.6 is 52.7 Å². The molecule has 536 valence electrons. The Hall–Kier alpha value is -6.46. The zero-order valence-electron chi connectivity index (χ0n) is 53.6. The van der Waals surface area contributed by atoms with Gasteiger partial charge in [-0.3, -0.25) is 39.4 Å². The predicted molar refractivity (Wildman–Crippen MR) is 349 cm³/mol. The van der Waals surface area contributed by atoms with Crippen molar-refractivity contribution in [2.24, 2.45) is 17.8 Å². The quantitative estimate of drug-likeness (QED) is 0.0274. The van der Waals surface area contributed by atoms with Gasteiger partial charge in [0.15, 0.2) is 11.0 Å². The molecule has 2 saturated heterocycles. The molecule has 0 radical (unpaired) electrons. The van der Waals surface area contributed by atoms with Gasteiger partial charge >= 0.3 is 48.6 Å². The lowest BCUT2D eigenvalue weighted by Crippen LogP contribution is -2.52. The maximum Gasteiger partial charge on any atom is 0.416 e. The summed E-state index contributed by atoms with van der Waals surface area (Å²) in [5.41, 5.74) is -5.71. The van der Waals surface area contributed by atoms with Crippen LogP contribution in [0, 0.1) is 38.0 Å². The number of hydrogen-bond donors (Lipinski definition) is 2. The molecule has 0 aromatic heterocycles. The standard InChI is InChI=1S/C24H31F3N2O8.C19H23F3N2O4.C17H21F6N3S.3H2S/c1-23(2,3)37-20(30)14-8-10-28(11-9-14)18-12-15(24(25,26)27)6-7-16(18)17(13-29(33)34)19(21(31)35-4)22(32)36-5;1-18(2,3)28-17(25)14-6-9-23(10-7-14)16-12-15(19(20,21)22)5-4-13(16)8-11-24(26)27;1-26(2)14-6-4-3-5-13(14)25-15(27)24-12-8-10(16(18,19)20)7-11(9-12)17(21,22)23;;;/h6-7,12,14,17,19H,8-11,13H2,1-5H3;4-5,8,11-12,14H,6-7,9-10H2,1-3H3;7-9,13-14H,3-6H2,1-2H3,(H2,24,25,27);3*1H2/b;11-8+;;;;/t17-;;13-,14-;;;/m1.0.../s1. The normalized spacial score (nSPS) is 17.0. The van der Waals surface area contributed by atoms with Gasteiger partial charge in [0.05, 0.1) is 59.2 Å². The van der Waals surface area contributed by atoms with Gasteiger partial charge in [-0.2, -0.15) is 93.2 Å². The van der Waals surface area contributed by atoms with E-state index >= 15 is 0 Å². The van der Waals surface area contributed by atoms with Gasteiger partial charge in [0.1, 0.15) is 11.2 Å². The molecule has 95 heavy (non-hydrogen) atoms. The Balaban J connectivity index is 0.000000712. The van der Waals surface area contributed by atoms with E-state index < -0.39 is 110 Å². The van der Waals surface area contributed by atoms with Crippen LogP contribution in [-0.2, 0) is 62.8 Å². The second kappa shape index (κ2) is 36.2. The van der Waals surface area contributed by atoms with Crippen LogP contribution in [0.4, 0.5) is 69.7 Å². The van der Waals surface area contributed by atoms with Gasteiger partial charge in [-0.25, -0.2) is 0 Å². The Morgan fingerprint density at radius 2 is 1.03 bits per heavy atom. The number of methoxy groups -OCH3 is 2. The lowest BCUT2D eigenvalue weighted by molar-refractivity contribution is -0.484. The monoisotopic (exact) mass is 1450 g/mol. The summed E-state index contributed by atoms with van der Waals surface area (Å²) in [7, 11) is 5.81. The minimum Gasteiger partial charge on any atom is -0.468 e. The molecule has 19 nitrogen and oxygen atoms in total. The number of halogens is 12. The van der Waals surface area contributed by atoms with Crippen LogP contribution in [-0.4, -0.2) is 128 Å². The van der Waals surface area contributed by atoms with Crippen LogP contribution in [0.25, 0.3) is 6.08 Å². The second-order valence-corrected chi connectivity index (χ2v) is 24.6. The Kier molecular flexibility index (Phi) is 33.0. The fourth-order valence-corrected chi connectivity index (χ4v) is 10.8. The van der Waals surface area contributed by atoms with Crippen molar-refractivity contribution in [2.45, 2.75) is 147 Å². The van der Waals surface area contributed by atoms with E-state index in [1.807, 2.05) is 19.0 Å². The van der Waals surface area contributed by atoms with Crippen LogP contribution < -0.4 is 20.4 Å². The number of likely N-dealkylation sites (N-methyl/N-ethyl adjacent to an activating group) is 1. The van der Waals surface area contributed by atoms with Crippen molar-refractivity contribution >= 4 is 105 Å². The second-order valence-electron chi connectivity index (χ2n) is 24.2. The smallest absolute Gasteiger partial charge is 0.416 e. The summed E-state index contributed by atoms with van der Waals surface area (Å²) in [6.07, 6.45) is -12.0. The van der Waals surface area contributed by atoms with E-state index in [1.165, 1.54) is 12.1 Å². The SMILES string of the molecule is CC(C)(C)OC(=O)C1CCN(c2cc(C(F)(F)F)ccc2/C=C/[N+](=O)[O-])CC1.CN(C)[C@H]1CCCC[C@@H]1NC(=S)Nc1cc(C(F)(F)F)cc(C(F)(F)F)c1.COC(=O)C(C(=O)OC)[C@H](C[N+](=O)[O-])c1ccc(C(F)(F)F)cc1N1CCC(C(=O)OC(C)(C)C)CC1.S.S.S. The molecule has 0 bridgehead atoms. The number of ether oxygens (including phenoxy) is 4. The number of nitrogens with one attached hydrogen (secondary N) is 2. The van der Waals surface area contributed by atoms with Crippen molar-refractivity contribution < 1.29 is 101 Å². The topological polar surface area (TPSA) is 225 Å². The first-order valence-electron chi connectivity index (χ1n) is 28.8. The number of alkyl halides is 12. The highest BCUT2D eigenvalue weighted by Gasteiger charge is 2.45. The average Bonchev–Trinajstić information content (AvgIpc) is 0.793.